The standard InChI is InChI=1S/C59H101N3O14/c1-38-27-28-39(2)51(72-18)31-30-41(4)56(76-59(69)49(36-70-16)61(13)14)43(6)50(65)24-20-19-21-26-54(66)74-52(25-22-23-48(35-38)71-17)44(7)55(67)40(3)29-32-53(75-58(68)46(9)60(11)12)45(8)57(73-47(10)64)42(5)33-34-62(15)37-63/h19-23,26,28,33-34,37-38,40-46,48-53,55-57,65,67H,24-25,27,29-32,35-36H2,1-18H3/b20-19+,23-22+,26-21+,34-33+,39-28+/t38-,40+,41-,42-,43+,44-,45+,46+,48+,49+,50-,51+,52+,53-,55+,56-,57-/m1/s1. The topological polar surface area (TPSA) is 200 Å². The molecule has 0 aromatic rings. The van der Waals surface area contributed by atoms with E-state index in [1.807, 2.05) is 53.7 Å². The molecule has 17 heteroatoms. The quantitative estimate of drug-likeness (QED) is 0.0435. The number of ether oxygens (including phenoxy) is 7. The molecule has 0 radical (unpaired) electrons. The van der Waals surface area contributed by atoms with Crippen molar-refractivity contribution in [3.63, 3.8) is 0 Å². The molecule has 1 amide bonds. The van der Waals surface area contributed by atoms with Gasteiger partial charge in [-0.05, 0) is 110 Å². The fourth-order valence-electron chi connectivity index (χ4n) is 9.44. The molecule has 0 aliphatic carbocycles. The smallest absolute Gasteiger partial charge is 0.331 e. The molecule has 1 aliphatic rings. The van der Waals surface area contributed by atoms with E-state index in [1.54, 1.807) is 96.7 Å². The third-order valence-corrected chi connectivity index (χ3v) is 15.2. The van der Waals surface area contributed by atoms with Crippen molar-refractivity contribution in [3.05, 3.63) is 60.4 Å². The second-order valence-corrected chi connectivity index (χ2v) is 21.9. The Morgan fingerprint density at radius 2 is 1.54 bits per heavy atom. The Balaban J connectivity index is 3.64. The number of methoxy groups -OCH3 is 3. The number of aliphatic hydroxyl groups excluding tert-OH is 2. The summed E-state index contributed by atoms with van der Waals surface area (Å²) in [6.07, 6.45) is 15.4. The summed E-state index contributed by atoms with van der Waals surface area (Å²) in [4.78, 5) is 69.2. The lowest BCUT2D eigenvalue weighted by atomic mass is 9.82. The van der Waals surface area contributed by atoms with E-state index < -0.39 is 90.3 Å². The van der Waals surface area contributed by atoms with E-state index in [2.05, 4.69) is 19.9 Å². The van der Waals surface area contributed by atoms with E-state index in [0.717, 1.165) is 12.0 Å². The summed E-state index contributed by atoms with van der Waals surface area (Å²) in [6.45, 7) is 18.8. The van der Waals surface area contributed by atoms with Crippen molar-refractivity contribution in [1.29, 1.82) is 0 Å². The monoisotopic (exact) mass is 1080 g/mol. The minimum atomic E-state index is -0.966. The van der Waals surface area contributed by atoms with Crippen LogP contribution in [0.4, 0.5) is 0 Å². The Hall–Kier alpha value is -4.23. The summed E-state index contributed by atoms with van der Waals surface area (Å²) < 4.78 is 41.6. The molecule has 0 spiro atoms. The molecule has 0 unspecified atom stereocenters. The number of carbonyl (C=O) groups is 5. The number of likely N-dealkylation sites (N-methyl/N-ethyl adjacent to an activating group) is 2. The van der Waals surface area contributed by atoms with Gasteiger partial charge in [0.15, 0.2) is 0 Å². The number of cyclic esters (lactones) is 1. The van der Waals surface area contributed by atoms with Gasteiger partial charge in [-0.3, -0.25) is 29.0 Å². The maximum atomic E-state index is 13.6. The zero-order valence-electron chi connectivity index (χ0n) is 49.6. The van der Waals surface area contributed by atoms with Crippen LogP contribution in [0.15, 0.2) is 60.4 Å². The van der Waals surface area contributed by atoms with Crippen LogP contribution in [0.2, 0.25) is 0 Å². The van der Waals surface area contributed by atoms with E-state index in [1.165, 1.54) is 25.0 Å². The number of rotatable bonds is 23. The molecule has 0 bridgehead atoms. The highest BCUT2D eigenvalue weighted by atomic mass is 16.6. The fourth-order valence-corrected chi connectivity index (χ4v) is 9.44. The van der Waals surface area contributed by atoms with Crippen LogP contribution in [-0.2, 0) is 57.1 Å². The highest BCUT2D eigenvalue weighted by molar-refractivity contribution is 5.82. The molecule has 0 aromatic heterocycles. The minimum absolute atomic E-state index is 0.131. The number of amides is 1. The second kappa shape index (κ2) is 36.8. The van der Waals surface area contributed by atoms with Crippen molar-refractivity contribution < 1.29 is 67.3 Å². The van der Waals surface area contributed by atoms with Gasteiger partial charge in [0, 0.05) is 77.7 Å². The van der Waals surface area contributed by atoms with Crippen LogP contribution in [0, 0.1) is 41.4 Å². The first-order valence-electron chi connectivity index (χ1n) is 27.3. The summed E-state index contributed by atoms with van der Waals surface area (Å²) in [5, 5.41) is 23.6. The van der Waals surface area contributed by atoms with Gasteiger partial charge >= 0.3 is 23.9 Å². The number of aliphatic hydroxyl groups is 2. The molecule has 0 aromatic carbocycles. The predicted molar refractivity (Wildman–Crippen MR) is 297 cm³/mol. The molecular formula is C59H101N3O14. The van der Waals surface area contributed by atoms with Gasteiger partial charge in [-0.25, -0.2) is 4.79 Å². The molecule has 0 saturated carbocycles. The highest BCUT2D eigenvalue weighted by Gasteiger charge is 2.38. The lowest BCUT2D eigenvalue weighted by molar-refractivity contribution is -0.166. The van der Waals surface area contributed by atoms with E-state index in [9.17, 15) is 34.2 Å². The van der Waals surface area contributed by atoms with Gasteiger partial charge in [0.05, 0.1) is 31.0 Å². The molecule has 1 aliphatic heterocycles. The third kappa shape index (κ3) is 25.1. The number of carbonyl (C=O) groups excluding carboxylic acids is 5. The van der Waals surface area contributed by atoms with E-state index in [-0.39, 0.29) is 55.3 Å². The summed E-state index contributed by atoms with van der Waals surface area (Å²) in [5.74, 6) is -4.14. The van der Waals surface area contributed by atoms with Crippen molar-refractivity contribution in [1.82, 2.24) is 14.7 Å². The largest absolute Gasteiger partial charge is 0.462 e. The zero-order chi connectivity index (χ0) is 57.8. The molecule has 1 heterocycles. The van der Waals surface area contributed by atoms with Gasteiger partial charge in [0.1, 0.15) is 36.5 Å². The summed E-state index contributed by atoms with van der Waals surface area (Å²) >= 11 is 0. The van der Waals surface area contributed by atoms with Crippen molar-refractivity contribution in [2.24, 2.45) is 41.4 Å². The third-order valence-electron chi connectivity index (χ3n) is 15.2. The average Bonchev–Trinajstić information content (AvgIpc) is 3.37. The minimum Gasteiger partial charge on any atom is -0.462 e. The fraction of sp³-hybridized carbons (Fsp3) is 0.746. The highest BCUT2D eigenvalue weighted by Crippen LogP contribution is 2.32. The van der Waals surface area contributed by atoms with Gasteiger partial charge in [-0.1, -0.05) is 91.0 Å². The van der Waals surface area contributed by atoms with Crippen molar-refractivity contribution >= 4 is 30.3 Å². The number of nitrogens with zero attached hydrogens (tertiary/aromatic N) is 3. The lowest BCUT2D eigenvalue weighted by Crippen LogP contribution is -2.45. The van der Waals surface area contributed by atoms with E-state index in [0.29, 0.717) is 38.5 Å². The average molecular weight is 1080 g/mol. The van der Waals surface area contributed by atoms with E-state index >= 15 is 0 Å². The molecule has 0 fully saturated rings. The Morgan fingerprint density at radius 3 is 2.12 bits per heavy atom. The maximum absolute atomic E-state index is 13.6. The van der Waals surface area contributed by atoms with Crippen LogP contribution in [0.25, 0.3) is 0 Å². The van der Waals surface area contributed by atoms with Crippen LogP contribution in [-0.4, -0.2) is 179 Å². The van der Waals surface area contributed by atoms with Crippen LogP contribution < -0.4 is 0 Å². The van der Waals surface area contributed by atoms with Gasteiger partial charge < -0.3 is 48.3 Å². The van der Waals surface area contributed by atoms with Gasteiger partial charge in [-0.15, -0.1) is 0 Å². The summed E-state index contributed by atoms with van der Waals surface area (Å²) in [5.41, 5.74) is 1.10. The summed E-state index contributed by atoms with van der Waals surface area (Å²) in [7, 11) is 13.6. The molecule has 2 N–H and O–H groups in total. The zero-order valence-corrected chi connectivity index (χ0v) is 49.6. The van der Waals surface area contributed by atoms with Crippen molar-refractivity contribution in [3.8, 4) is 0 Å². The Morgan fingerprint density at radius 1 is 0.868 bits per heavy atom. The van der Waals surface area contributed by atoms with E-state index in [4.69, 9.17) is 33.2 Å². The van der Waals surface area contributed by atoms with Crippen molar-refractivity contribution in [2.45, 2.75) is 182 Å². The number of hydrogen-bond donors (Lipinski definition) is 2. The molecule has 76 heavy (non-hydrogen) atoms. The van der Waals surface area contributed by atoms with Crippen molar-refractivity contribution in [2.75, 3.05) is 63.2 Å². The molecule has 436 valence electrons. The number of allylic oxidation sites excluding steroid dienone is 3. The maximum Gasteiger partial charge on any atom is 0.331 e. The van der Waals surface area contributed by atoms with Crippen LogP contribution in [0.3, 0.4) is 0 Å². The Kier molecular flexibility index (Phi) is 33.8. The summed E-state index contributed by atoms with van der Waals surface area (Å²) in [6, 6.07) is -1.20. The lowest BCUT2D eigenvalue weighted by Gasteiger charge is -2.35. The first-order chi connectivity index (χ1) is 35.7. The van der Waals surface area contributed by atoms with Crippen LogP contribution in [0.1, 0.15) is 121 Å². The first-order valence-corrected chi connectivity index (χ1v) is 27.3. The van der Waals surface area contributed by atoms with Crippen LogP contribution >= 0.6 is 0 Å². The van der Waals surface area contributed by atoms with Gasteiger partial charge in [0.2, 0.25) is 6.41 Å². The number of hydrogen-bond acceptors (Lipinski definition) is 16. The SMILES string of the molecule is COC[C@@H](C(=O)O[C@H]1[C@@H](C)[C@H](O)C/C=C/C=C/C(=O)O[C@H]([C@@H](C)[C@@H](O)[C@@H](C)CC[C@@H](OC(=O)[C@H](C)N(C)C)[C@H](C)[C@H](OC(C)=O)[C@H](C)/C=C/N(C)C=O)C/C=C/[C@H](OC)C[C@H](C)C/C=C(\C)[C@@H](OC)CC[C@H]1C)N(C)C. The first kappa shape index (κ1) is 69.8. The molecule has 17 atom stereocenters. The number of esters is 4. The molecule has 17 nitrogen and oxygen atoms in total. The Labute approximate surface area is 457 Å². The normalized spacial score (nSPS) is 28.6. The predicted octanol–water partition coefficient (Wildman–Crippen LogP) is 7.74. The molecule has 0 saturated heterocycles. The van der Waals surface area contributed by atoms with Crippen LogP contribution in [0.5, 0.6) is 0 Å². The second-order valence-electron chi connectivity index (χ2n) is 21.9. The van der Waals surface area contributed by atoms with Gasteiger partial charge in [0.25, 0.3) is 0 Å². The van der Waals surface area contributed by atoms with Gasteiger partial charge in [-0.2, -0.15) is 0 Å². The molecular weight excluding hydrogens is 975 g/mol. The Bertz CT molecular complexity index is 1870. The molecule has 1 rings (SSSR count).